The van der Waals surface area contributed by atoms with Crippen molar-refractivity contribution in [1.29, 1.82) is 0 Å². The summed E-state index contributed by atoms with van der Waals surface area (Å²) in [5, 5.41) is 16.6. The Morgan fingerprint density at radius 1 is 1.41 bits per heavy atom. The van der Waals surface area contributed by atoms with Gasteiger partial charge in [-0.15, -0.1) is 0 Å². The highest BCUT2D eigenvalue weighted by atomic mass is 16.5. The van der Waals surface area contributed by atoms with Gasteiger partial charge < -0.3 is 19.7 Å². The topological polar surface area (TPSA) is 80.4 Å². The Balaban J connectivity index is 1.69. The third-order valence-electron chi connectivity index (χ3n) is 3.39. The van der Waals surface area contributed by atoms with E-state index in [9.17, 15) is 5.11 Å². The van der Waals surface area contributed by atoms with Gasteiger partial charge in [0.25, 0.3) is 0 Å². The number of aliphatic hydroxyl groups excluding tert-OH is 1. The monoisotopic (exact) mass is 239 g/mol. The second kappa shape index (κ2) is 4.72. The molecule has 1 unspecified atom stereocenters. The fourth-order valence-electron chi connectivity index (χ4n) is 2.40. The highest BCUT2D eigenvalue weighted by Crippen LogP contribution is 2.26. The van der Waals surface area contributed by atoms with Gasteiger partial charge in [-0.05, 0) is 19.3 Å². The summed E-state index contributed by atoms with van der Waals surface area (Å²) in [6.45, 7) is 2.10. The van der Waals surface area contributed by atoms with Crippen LogP contribution in [-0.4, -0.2) is 41.1 Å². The van der Waals surface area contributed by atoms with Crippen molar-refractivity contribution >= 4 is 0 Å². The van der Waals surface area contributed by atoms with Gasteiger partial charge >= 0.3 is 0 Å². The van der Waals surface area contributed by atoms with E-state index in [1.54, 1.807) is 0 Å². The van der Waals surface area contributed by atoms with E-state index >= 15 is 0 Å². The maximum absolute atomic E-state index is 9.44. The van der Waals surface area contributed by atoms with Crippen molar-refractivity contribution in [2.24, 2.45) is 0 Å². The zero-order valence-corrected chi connectivity index (χ0v) is 9.63. The number of ether oxygens (including phenoxy) is 1. The number of aliphatic hydroxyl groups is 1. The number of hydrogen-bond donors (Lipinski definition) is 2. The van der Waals surface area contributed by atoms with Gasteiger partial charge in [0.1, 0.15) is 0 Å². The van der Waals surface area contributed by atoms with Crippen molar-refractivity contribution in [2.75, 3.05) is 19.8 Å². The summed E-state index contributed by atoms with van der Waals surface area (Å²) in [4.78, 5) is 4.42. The van der Waals surface area contributed by atoms with E-state index in [0.29, 0.717) is 25.5 Å². The number of nitrogens with zero attached hydrogens (tertiary/aromatic N) is 2. The molecule has 0 radical (unpaired) electrons. The predicted octanol–water partition coefficient (Wildman–Crippen LogP) is 0.359. The predicted molar refractivity (Wildman–Crippen MR) is 58.5 cm³/mol. The summed E-state index contributed by atoms with van der Waals surface area (Å²) < 4.78 is 10.7. The molecule has 0 aromatic carbocycles. The molecule has 6 heteroatoms. The van der Waals surface area contributed by atoms with Gasteiger partial charge in [-0.2, -0.15) is 4.98 Å². The molecule has 6 nitrogen and oxygen atoms in total. The lowest BCUT2D eigenvalue weighted by atomic mass is 10.0. The van der Waals surface area contributed by atoms with Crippen LogP contribution in [0.3, 0.4) is 0 Å². The molecule has 0 bridgehead atoms. The van der Waals surface area contributed by atoms with E-state index in [-0.39, 0.29) is 18.1 Å². The van der Waals surface area contributed by atoms with Crippen molar-refractivity contribution < 1.29 is 14.4 Å². The molecule has 2 aliphatic rings. The van der Waals surface area contributed by atoms with Crippen molar-refractivity contribution in [2.45, 2.75) is 37.3 Å². The van der Waals surface area contributed by atoms with Crippen LogP contribution in [0.2, 0.25) is 0 Å². The first-order valence-electron chi connectivity index (χ1n) is 6.15. The van der Waals surface area contributed by atoms with Gasteiger partial charge in [-0.3, -0.25) is 0 Å². The highest BCUT2D eigenvalue weighted by Gasteiger charge is 2.29. The van der Waals surface area contributed by atoms with Crippen molar-refractivity contribution in [3.05, 3.63) is 11.7 Å². The van der Waals surface area contributed by atoms with Crippen LogP contribution in [0, 0.1) is 0 Å². The van der Waals surface area contributed by atoms with Gasteiger partial charge in [0.2, 0.25) is 5.89 Å². The quantitative estimate of drug-likeness (QED) is 0.775. The normalized spacial score (nSPS) is 34.1. The highest BCUT2D eigenvalue weighted by molar-refractivity contribution is 5.01. The Labute approximate surface area is 99.3 Å². The minimum atomic E-state index is -0.312. The SMILES string of the molecule is O[C@@H]1CN[C@@H](c2nc(C3CCCOC3)no2)C1. The molecule has 94 valence electrons. The number of aromatic nitrogens is 2. The molecule has 1 aromatic heterocycles. The second-order valence-corrected chi connectivity index (χ2v) is 4.76. The molecule has 17 heavy (non-hydrogen) atoms. The maximum Gasteiger partial charge on any atom is 0.243 e. The molecule has 2 aliphatic heterocycles. The van der Waals surface area contributed by atoms with Crippen LogP contribution in [0.15, 0.2) is 4.52 Å². The summed E-state index contributed by atoms with van der Waals surface area (Å²) in [7, 11) is 0. The molecule has 2 fully saturated rings. The molecule has 3 atom stereocenters. The Morgan fingerprint density at radius 3 is 3.06 bits per heavy atom. The van der Waals surface area contributed by atoms with Gasteiger partial charge in [0.05, 0.1) is 18.8 Å². The first-order chi connectivity index (χ1) is 8.33. The first-order valence-corrected chi connectivity index (χ1v) is 6.15. The van der Waals surface area contributed by atoms with Gasteiger partial charge in [0, 0.05) is 19.1 Å². The van der Waals surface area contributed by atoms with Crippen LogP contribution >= 0.6 is 0 Å². The average molecular weight is 239 g/mol. The fourth-order valence-corrected chi connectivity index (χ4v) is 2.40. The molecule has 0 aliphatic carbocycles. The van der Waals surface area contributed by atoms with Crippen LogP contribution in [0.4, 0.5) is 0 Å². The lowest BCUT2D eigenvalue weighted by Crippen LogP contribution is -2.17. The maximum atomic E-state index is 9.44. The van der Waals surface area contributed by atoms with E-state index in [1.807, 2.05) is 0 Å². The van der Waals surface area contributed by atoms with E-state index in [0.717, 1.165) is 25.3 Å². The Hall–Kier alpha value is -0.980. The lowest BCUT2D eigenvalue weighted by Gasteiger charge is -2.18. The van der Waals surface area contributed by atoms with Crippen molar-refractivity contribution in [3.63, 3.8) is 0 Å². The summed E-state index contributed by atoms with van der Waals surface area (Å²) in [6, 6.07) is -0.00393. The van der Waals surface area contributed by atoms with E-state index < -0.39 is 0 Å². The van der Waals surface area contributed by atoms with Crippen LogP contribution in [-0.2, 0) is 4.74 Å². The zero-order valence-electron chi connectivity index (χ0n) is 9.63. The van der Waals surface area contributed by atoms with Crippen molar-refractivity contribution in [3.8, 4) is 0 Å². The summed E-state index contributed by atoms with van der Waals surface area (Å²) >= 11 is 0. The van der Waals surface area contributed by atoms with E-state index in [4.69, 9.17) is 9.26 Å². The molecule has 0 amide bonds. The van der Waals surface area contributed by atoms with Gasteiger partial charge in [0.15, 0.2) is 5.82 Å². The second-order valence-electron chi connectivity index (χ2n) is 4.76. The molecule has 1 aromatic rings. The van der Waals surface area contributed by atoms with Crippen LogP contribution in [0.5, 0.6) is 0 Å². The number of hydrogen-bond acceptors (Lipinski definition) is 6. The molecular formula is C11H17N3O3. The summed E-state index contributed by atoms with van der Waals surface area (Å²) in [6.07, 6.45) is 2.44. The fraction of sp³-hybridized carbons (Fsp3) is 0.818. The van der Waals surface area contributed by atoms with E-state index in [2.05, 4.69) is 15.5 Å². The summed E-state index contributed by atoms with van der Waals surface area (Å²) in [5.41, 5.74) is 0. The zero-order chi connectivity index (χ0) is 11.7. The molecule has 0 spiro atoms. The lowest BCUT2D eigenvalue weighted by molar-refractivity contribution is 0.0773. The standard InChI is InChI=1S/C11H17N3O3/c15-8-4-9(12-5-8)11-13-10(14-17-11)7-2-1-3-16-6-7/h7-9,12,15H,1-6H2/t7?,8-,9+/m0/s1. The van der Waals surface area contributed by atoms with Gasteiger partial charge in [-0.25, -0.2) is 0 Å². The molecule has 3 rings (SSSR count). The van der Waals surface area contributed by atoms with Crippen LogP contribution in [0.25, 0.3) is 0 Å². The minimum absolute atomic E-state index is 0.00393. The smallest absolute Gasteiger partial charge is 0.243 e. The van der Waals surface area contributed by atoms with Crippen molar-refractivity contribution in [1.82, 2.24) is 15.5 Å². The third kappa shape index (κ3) is 2.34. The molecule has 2 N–H and O–H groups in total. The molecular weight excluding hydrogens is 222 g/mol. The van der Waals surface area contributed by atoms with Gasteiger partial charge in [-0.1, -0.05) is 5.16 Å². The minimum Gasteiger partial charge on any atom is -0.392 e. The van der Waals surface area contributed by atoms with Crippen LogP contribution in [0.1, 0.15) is 42.9 Å². The Morgan fingerprint density at radius 2 is 2.35 bits per heavy atom. The van der Waals surface area contributed by atoms with E-state index in [1.165, 1.54) is 0 Å². The summed E-state index contributed by atoms with van der Waals surface area (Å²) in [5.74, 6) is 1.58. The number of rotatable bonds is 2. The number of β-amino-alcohol motifs (C(OH)–C–C–N with tert-alkyl or cyclic N) is 1. The average Bonchev–Trinajstić information content (AvgIpc) is 2.98. The molecule has 3 heterocycles. The Bertz CT molecular complexity index is 357. The first kappa shape index (κ1) is 11.1. The largest absolute Gasteiger partial charge is 0.392 e. The molecule has 2 saturated heterocycles. The van der Waals surface area contributed by atoms with Crippen LogP contribution < -0.4 is 5.32 Å². The number of nitrogens with one attached hydrogen (secondary N) is 1. The molecule has 0 saturated carbocycles. The Kier molecular flexibility index (Phi) is 3.09. The third-order valence-corrected chi connectivity index (χ3v) is 3.39.